The zero-order valence-electron chi connectivity index (χ0n) is 13.9. The van der Waals surface area contributed by atoms with E-state index in [1.165, 1.54) is 12.1 Å². The molecule has 1 atom stereocenters. The second-order valence-electron chi connectivity index (χ2n) is 6.41. The third-order valence-electron chi connectivity index (χ3n) is 4.38. The molecule has 6 nitrogen and oxygen atoms in total. The average Bonchev–Trinajstić information content (AvgIpc) is 3.13. The Morgan fingerprint density at radius 3 is 2.12 bits per heavy atom. The van der Waals surface area contributed by atoms with Gasteiger partial charge in [-0.1, -0.05) is 24.3 Å². The van der Waals surface area contributed by atoms with Crippen molar-refractivity contribution < 1.29 is 10.0 Å². The summed E-state index contributed by atoms with van der Waals surface area (Å²) in [5.41, 5.74) is 1.91. The second-order valence-corrected chi connectivity index (χ2v) is 6.41. The summed E-state index contributed by atoms with van der Waals surface area (Å²) in [6, 6.07) is 13.8. The third-order valence-corrected chi connectivity index (χ3v) is 4.38. The number of nitrogens with zero attached hydrogens (tertiary/aromatic N) is 3. The van der Waals surface area contributed by atoms with Gasteiger partial charge in [-0.05, 0) is 43.0 Å². The highest BCUT2D eigenvalue weighted by Crippen LogP contribution is 2.28. The average molecular weight is 337 g/mol. The predicted molar refractivity (Wildman–Crippen MR) is 94.5 cm³/mol. The van der Waals surface area contributed by atoms with Crippen LogP contribution in [0.2, 0.25) is 0 Å². The van der Waals surface area contributed by atoms with Crippen LogP contribution in [0.25, 0.3) is 0 Å². The monoisotopic (exact) mass is 337 g/mol. The lowest BCUT2D eigenvalue weighted by Gasteiger charge is -2.32. The molecule has 25 heavy (non-hydrogen) atoms. The summed E-state index contributed by atoms with van der Waals surface area (Å²) < 4.78 is 2.06. The van der Waals surface area contributed by atoms with Gasteiger partial charge in [-0.2, -0.15) is 0 Å². The van der Waals surface area contributed by atoms with E-state index >= 15 is 0 Å². The Morgan fingerprint density at radius 2 is 1.64 bits per heavy atom. The summed E-state index contributed by atoms with van der Waals surface area (Å²) in [6.45, 7) is 2.13. The molecule has 0 spiro atoms. The summed E-state index contributed by atoms with van der Waals surface area (Å²) in [4.78, 5) is 14.6. The molecule has 0 fully saturated rings. The Bertz CT molecular complexity index is 843. The van der Waals surface area contributed by atoms with Crippen molar-refractivity contribution in [3.8, 4) is 5.75 Å². The highest BCUT2D eigenvalue weighted by Gasteiger charge is 2.27. The Labute approximate surface area is 145 Å². The fourth-order valence-corrected chi connectivity index (χ4v) is 3.05. The molecule has 3 rings (SSSR count). The summed E-state index contributed by atoms with van der Waals surface area (Å²) in [5.74, 6) is 0.239. The Morgan fingerprint density at radius 1 is 1.08 bits per heavy atom. The van der Waals surface area contributed by atoms with Gasteiger partial charge in [-0.3, -0.25) is 10.1 Å². The Hall–Kier alpha value is -3.15. The number of imidazole rings is 1. The van der Waals surface area contributed by atoms with Crippen molar-refractivity contribution in [2.24, 2.45) is 0 Å². The molecule has 0 amide bonds. The zero-order valence-corrected chi connectivity index (χ0v) is 13.9. The van der Waals surface area contributed by atoms with Crippen LogP contribution in [0.15, 0.2) is 67.3 Å². The normalized spacial score (nSPS) is 13.3. The number of phenolic OH excluding ortho intramolecular Hbond substituents is 1. The standard InChI is InChI=1S/C19H19N3O3/c1-19(21-11-10-20-14-21,13-16-4-8-18(23)9-5-16)12-15-2-6-17(7-3-15)22(24)25/h2-11,14,23H,12-13H2,1H3. The number of nitro groups is 1. The van der Waals surface area contributed by atoms with E-state index in [1.807, 2.05) is 18.3 Å². The highest BCUT2D eigenvalue weighted by atomic mass is 16.6. The van der Waals surface area contributed by atoms with Gasteiger partial charge in [0.2, 0.25) is 0 Å². The molecule has 1 N–H and O–H groups in total. The number of aromatic hydroxyl groups is 1. The number of hydrogen-bond acceptors (Lipinski definition) is 4. The van der Waals surface area contributed by atoms with Crippen LogP contribution >= 0.6 is 0 Å². The van der Waals surface area contributed by atoms with Crippen LogP contribution in [0.1, 0.15) is 18.1 Å². The van der Waals surface area contributed by atoms with Crippen molar-refractivity contribution in [1.82, 2.24) is 9.55 Å². The van der Waals surface area contributed by atoms with Crippen LogP contribution in [-0.2, 0) is 18.4 Å². The first-order chi connectivity index (χ1) is 12.0. The maximum Gasteiger partial charge on any atom is 0.269 e. The molecule has 0 aliphatic heterocycles. The van der Waals surface area contributed by atoms with Crippen molar-refractivity contribution in [2.75, 3.05) is 0 Å². The number of non-ortho nitro benzene ring substituents is 1. The van der Waals surface area contributed by atoms with E-state index in [0.29, 0.717) is 6.42 Å². The molecule has 0 aliphatic carbocycles. The highest BCUT2D eigenvalue weighted by molar-refractivity contribution is 5.34. The van der Waals surface area contributed by atoms with E-state index < -0.39 is 4.92 Å². The van der Waals surface area contributed by atoms with Crippen LogP contribution in [-0.4, -0.2) is 19.6 Å². The number of aromatic nitrogens is 2. The largest absolute Gasteiger partial charge is 0.508 e. The molecule has 0 saturated heterocycles. The van der Waals surface area contributed by atoms with Gasteiger partial charge in [0.25, 0.3) is 5.69 Å². The molecule has 0 radical (unpaired) electrons. The lowest BCUT2D eigenvalue weighted by atomic mass is 9.86. The van der Waals surface area contributed by atoms with Crippen LogP contribution in [0.5, 0.6) is 5.75 Å². The summed E-state index contributed by atoms with van der Waals surface area (Å²) in [5, 5.41) is 20.3. The molecule has 1 heterocycles. The summed E-state index contributed by atoms with van der Waals surface area (Å²) >= 11 is 0. The van der Waals surface area contributed by atoms with Gasteiger partial charge in [0, 0.05) is 24.5 Å². The Kier molecular flexibility index (Phi) is 4.52. The van der Waals surface area contributed by atoms with Crippen molar-refractivity contribution in [2.45, 2.75) is 25.3 Å². The molecule has 128 valence electrons. The molecule has 2 aromatic carbocycles. The van der Waals surface area contributed by atoms with E-state index in [4.69, 9.17) is 0 Å². The minimum atomic E-state index is -0.394. The number of benzene rings is 2. The lowest BCUT2D eigenvalue weighted by Crippen LogP contribution is -2.34. The minimum Gasteiger partial charge on any atom is -0.508 e. The first-order valence-electron chi connectivity index (χ1n) is 7.96. The van der Waals surface area contributed by atoms with Gasteiger partial charge < -0.3 is 9.67 Å². The minimum absolute atomic E-state index is 0.0895. The fourth-order valence-electron chi connectivity index (χ4n) is 3.05. The van der Waals surface area contributed by atoms with Crippen molar-refractivity contribution in [3.05, 3.63) is 88.5 Å². The Balaban J connectivity index is 1.89. The van der Waals surface area contributed by atoms with Gasteiger partial charge in [0.15, 0.2) is 0 Å². The lowest BCUT2D eigenvalue weighted by molar-refractivity contribution is -0.384. The second kappa shape index (κ2) is 6.76. The maximum absolute atomic E-state index is 10.8. The number of hydrogen-bond donors (Lipinski definition) is 1. The topological polar surface area (TPSA) is 81.2 Å². The van der Waals surface area contributed by atoms with E-state index in [2.05, 4.69) is 16.5 Å². The van der Waals surface area contributed by atoms with E-state index in [-0.39, 0.29) is 17.0 Å². The fraction of sp³-hybridized carbons (Fsp3) is 0.211. The van der Waals surface area contributed by atoms with Crippen LogP contribution in [0.4, 0.5) is 5.69 Å². The van der Waals surface area contributed by atoms with Crippen molar-refractivity contribution in [1.29, 1.82) is 0 Å². The van der Waals surface area contributed by atoms with E-state index in [0.717, 1.165) is 17.5 Å². The van der Waals surface area contributed by atoms with Crippen molar-refractivity contribution >= 4 is 5.69 Å². The zero-order chi connectivity index (χ0) is 17.9. The SMILES string of the molecule is CC(Cc1ccc(O)cc1)(Cc1ccc([N+](=O)[O-])cc1)n1ccnc1. The van der Waals surface area contributed by atoms with Gasteiger partial charge in [0.05, 0.1) is 16.8 Å². The molecule has 0 bridgehead atoms. The molecule has 6 heteroatoms. The quantitative estimate of drug-likeness (QED) is 0.549. The molecular weight excluding hydrogens is 318 g/mol. The maximum atomic E-state index is 10.8. The number of nitro benzene ring substituents is 1. The molecule has 3 aromatic rings. The van der Waals surface area contributed by atoms with Crippen molar-refractivity contribution in [3.63, 3.8) is 0 Å². The van der Waals surface area contributed by atoms with Gasteiger partial charge in [-0.25, -0.2) is 4.98 Å². The van der Waals surface area contributed by atoms with Gasteiger partial charge in [0.1, 0.15) is 5.75 Å². The summed E-state index contributed by atoms with van der Waals surface area (Å²) in [7, 11) is 0. The molecule has 1 unspecified atom stereocenters. The molecule has 0 aliphatic rings. The van der Waals surface area contributed by atoms with Crippen LogP contribution in [0.3, 0.4) is 0 Å². The van der Waals surface area contributed by atoms with Crippen LogP contribution in [0, 0.1) is 10.1 Å². The third kappa shape index (κ3) is 3.85. The molecule has 1 aromatic heterocycles. The smallest absolute Gasteiger partial charge is 0.269 e. The van der Waals surface area contributed by atoms with E-state index in [9.17, 15) is 15.2 Å². The van der Waals surface area contributed by atoms with Crippen LogP contribution < -0.4 is 0 Å². The number of phenols is 1. The summed E-state index contributed by atoms with van der Waals surface area (Å²) in [6.07, 6.45) is 6.88. The van der Waals surface area contributed by atoms with Gasteiger partial charge in [-0.15, -0.1) is 0 Å². The first kappa shape index (κ1) is 16.7. The molecule has 0 saturated carbocycles. The predicted octanol–water partition coefficient (Wildman–Crippen LogP) is 3.70. The first-order valence-corrected chi connectivity index (χ1v) is 7.96. The van der Waals surface area contributed by atoms with Gasteiger partial charge >= 0.3 is 0 Å². The number of rotatable bonds is 6. The van der Waals surface area contributed by atoms with E-state index in [1.54, 1.807) is 36.8 Å². The molecular formula is C19H19N3O3.